The van der Waals surface area contributed by atoms with Gasteiger partial charge in [0, 0.05) is 17.1 Å². The van der Waals surface area contributed by atoms with Crippen molar-refractivity contribution in [1.82, 2.24) is 0 Å². The molecule has 0 aromatic heterocycles. The van der Waals surface area contributed by atoms with Crippen LogP contribution in [0.1, 0.15) is 0 Å². The Labute approximate surface area is 51.0 Å². The van der Waals surface area contributed by atoms with Crippen LogP contribution in [0.25, 0.3) is 5.59 Å². The van der Waals surface area contributed by atoms with Crippen LogP contribution >= 0.6 is 0 Å². The minimum absolute atomic E-state index is 0. The number of rotatable bonds is 0. The Morgan fingerprint density at radius 3 is 1.29 bits per heavy atom. The molecule has 0 amide bonds. The van der Waals surface area contributed by atoms with Crippen molar-refractivity contribution in [2.45, 2.75) is 0 Å². The van der Waals surface area contributed by atoms with Crippen molar-refractivity contribution in [3.8, 4) is 12.1 Å². The Morgan fingerprint density at radius 1 is 1.14 bits per heavy atom. The molecule has 0 saturated heterocycles. The summed E-state index contributed by atoms with van der Waals surface area (Å²) in [6, 6.07) is 2.47. The minimum atomic E-state index is 0. The van der Waals surface area contributed by atoms with E-state index in [1.54, 1.807) is 0 Å². The van der Waals surface area contributed by atoms with E-state index in [0.717, 1.165) is 0 Å². The normalized spacial score (nSPS) is 2.00. The van der Waals surface area contributed by atoms with E-state index in [1.807, 2.05) is 0 Å². The summed E-state index contributed by atoms with van der Waals surface area (Å²) in [7, 11) is 0. The van der Waals surface area contributed by atoms with Gasteiger partial charge in [0.1, 0.15) is 0 Å². The summed E-state index contributed by atoms with van der Waals surface area (Å²) in [6.07, 6.45) is 0. The average Bonchev–Trinajstić information content (AvgIpc) is 1.72. The Hall–Kier alpha value is -0.901. The molecule has 38 valence electrons. The quantitative estimate of drug-likeness (QED) is 0.452. The van der Waals surface area contributed by atoms with Crippen LogP contribution in [0.3, 0.4) is 0 Å². The molecular weight excluding hydrogens is 138 g/mol. The first-order chi connectivity index (χ1) is 2.91. The van der Waals surface area contributed by atoms with Gasteiger partial charge in [-0.2, -0.15) is 10.5 Å². The van der Waals surface area contributed by atoms with Gasteiger partial charge in [0.15, 0.2) is 12.1 Å². The second-order valence-corrected chi connectivity index (χ2v) is 0.224. The maximum absolute atomic E-state index is 7.26. The fourth-order valence-corrected chi connectivity index (χ4v) is 0. The summed E-state index contributed by atoms with van der Waals surface area (Å²) in [5, 5.41) is 14.5. The molecule has 0 aromatic carbocycles. The zero-order chi connectivity index (χ0) is 5.41. The third-order valence-corrected chi connectivity index (χ3v) is 0.0500. The standard InChI is InChI=1S/C2N2.Fe.NO/c3-1-2-4;;1-2/q;;-1. The van der Waals surface area contributed by atoms with Crippen molar-refractivity contribution in [1.29, 1.82) is 10.5 Å². The van der Waals surface area contributed by atoms with E-state index in [0.29, 0.717) is 0 Å². The van der Waals surface area contributed by atoms with Crippen LogP contribution in [-0.4, -0.2) is 0 Å². The van der Waals surface area contributed by atoms with Gasteiger partial charge < -0.3 is 10.5 Å². The average molecular weight is 138 g/mol. The second kappa shape index (κ2) is 70.9. The van der Waals surface area contributed by atoms with E-state index in [4.69, 9.17) is 21.0 Å². The zero-order valence-electron chi connectivity index (χ0n) is 3.10. The molecule has 0 aliphatic heterocycles. The maximum atomic E-state index is 7.26. The summed E-state index contributed by atoms with van der Waals surface area (Å²) in [6.45, 7) is 0. The monoisotopic (exact) mass is 138 g/mol. The van der Waals surface area contributed by atoms with Gasteiger partial charge in [-0.1, -0.05) is 0 Å². The molecule has 4 nitrogen and oxygen atoms in total. The summed E-state index contributed by atoms with van der Waals surface area (Å²) in [5.41, 5.74) is 5.75. The second-order valence-electron chi connectivity index (χ2n) is 0.224. The Balaban J connectivity index is -0.0000000480. The topological polar surface area (TPSA) is 86.9 Å². The fourth-order valence-electron chi connectivity index (χ4n) is 0. The summed E-state index contributed by atoms with van der Waals surface area (Å²) in [5.74, 6) is 0. The van der Waals surface area contributed by atoms with Crippen LogP contribution in [0.4, 0.5) is 0 Å². The Kier molecular flexibility index (Phi) is 167. The molecule has 0 radical (unpaired) electrons. The van der Waals surface area contributed by atoms with Crippen LogP contribution in [0.15, 0.2) is 0 Å². The van der Waals surface area contributed by atoms with Gasteiger partial charge in [-0.25, -0.2) is 0 Å². The Morgan fingerprint density at radius 2 is 1.29 bits per heavy atom. The predicted octanol–water partition coefficient (Wildman–Crippen LogP) is 0.353. The van der Waals surface area contributed by atoms with Crippen molar-refractivity contribution in [3.05, 3.63) is 10.5 Å². The molecule has 0 aliphatic carbocycles. The smallest absolute Gasteiger partial charge is 0.181 e. The van der Waals surface area contributed by atoms with Gasteiger partial charge >= 0.3 is 0 Å². The fraction of sp³-hybridized carbons (Fsp3) is 0. The SMILES string of the molecule is N#CC#N.[Fe].[N-]=O. The van der Waals surface area contributed by atoms with Gasteiger partial charge in [0.25, 0.3) is 0 Å². The first kappa shape index (κ1) is 16.5. The summed E-state index contributed by atoms with van der Waals surface area (Å²) < 4.78 is 0. The van der Waals surface area contributed by atoms with Gasteiger partial charge in [-0.05, 0) is 0 Å². The summed E-state index contributed by atoms with van der Waals surface area (Å²) >= 11 is 0. The van der Waals surface area contributed by atoms with Crippen molar-refractivity contribution < 1.29 is 17.1 Å². The van der Waals surface area contributed by atoms with Crippen molar-refractivity contribution in [3.63, 3.8) is 0 Å². The van der Waals surface area contributed by atoms with Gasteiger partial charge in [0.2, 0.25) is 0 Å². The molecule has 0 bridgehead atoms. The number of nitrogens with zero attached hydrogens (tertiary/aromatic N) is 3. The van der Waals surface area contributed by atoms with Crippen LogP contribution in [0.2, 0.25) is 0 Å². The van der Waals surface area contributed by atoms with Gasteiger partial charge in [-0.15, -0.1) is 0 Å². The Bertz CT molecular complexity index is 78.1. The molecule has 0 fully saturated rings. The minimum Gasteiger partial charge on any atom is -0.577 e. The maximum Gasteiger partial charge on any atom is 0.181 e. The van der Waals surface area contributed by atoms with E-state index >= 15 is 0 Å². The molecule has 0 aromatic rings. The van der Waals surface area contributed by atoms with E-state index < -0.39 is 0 Å². The van der Waals surface area contributed by atoms with Crippen LogP contribution in [0, 0.1) is 27.6 Å². The van der Waals surface area contributed by atoms with Crippen LogP contribution in [-0.2, 0) is 17.1 Å². The first-order valence-electron chi connectivity index (χ1n) is 0.880. The third-order valence-electron chi connectivity index (χ3n) is 0.0500. The molecule has 0 unspecified atom stereocenters. The molecule has 0 atom stereocenters. The van der Waals surface area contributed by atoms with Gasteiger partial charge in [0.05, 0.1) is 0 Å². The molecule has 0 rings (SSSR count). The van der Waals surface area contributed by atoms with E-state index in [9.17, 15) is 0 Å². The first-order valence-corrected chi connectivity index (χ1v) is 0.880. The molecule has 0 aliphatic rings. The zero-order valence-corrected chi connectivity index (χ0v) is 4.21. The molecule has 0 heterocycles. The van der Waals surface area contributed by atoms with Crippen LogP contribution < -0.4 is 0 Å². The molecule has 0 saturated carbocycles. The van der Waals surface area contributed by atoms with E-state index in [1.165, 1.54) is 12.1 Å². The molecular formula is C2FeN3O-. The van der Waals surface area contributed by atoms with Crippen molar-refractivity contribution in [2.24, 2.45) is 0 Å². The van der Waals surface area contributed by atoms with Crippen LogP contribution in [0.5, 0.6) is 0 Å². The molecule has 0 spiro atoms. The molecule has 5 heteroatoms. The largest absolute Gasteiger partial charge is 0.577 e. The molecule has 0 N–H and O–H groups in total. The third kappa shape index (κ3) is 4950. The van der Waals surface area contributed by atoms with Crippen molar-refractivity contribution in [2.75, 3.05) is 0 Å². The van der Waals surface area contributed by atoms with Crippen molar-refractivity contribution >= 4 is 0 Å². The number of hydrogen-bond acceptors (Lipinski definition) is 3. The number of nitriles is 2. The van der Waals surface area contributed by atoms with E-state index in [2.05, 4.69) is 0 Å². The predicted molar refractivity (Wildman–Crippen MR) is 18.0 cm³/mol. The van der Waals surface area contributed by atoms with E-state index in [-0.39, 0.29) is 17.1 Å². The number of hydrogen-bond donors (Lipinski definition) is 0. The summed E-state index contributed by atoms with van der Waals surface area (Å²) in [4.78, 5) is 7.25. The molecule has 7 heavy (non-hydrogen) atoms. The number of nitroso groups, excluding NO2 is 1. The van der Waals surface area contributed by atoms with Gasteiger partial charge in [-0.3, -0.25) is 0 Å².